The fourth-order valence-electron chi connectivity index (χ4n) is 1.98. The molecule has 0 aliphatic carbocycles. The number of alkyl halides is 3. The average molecular weight is 328 g/mol. The van der Waals surface area contributed by atoms with Gasteiger partial charge in [0, 0.05) is 13.1 Å². The van der Waals surface area contributed by atoms with Gasteiger partial charge in [0.2, 0.25) is 3.79 Å². The molecule has 1 N–H and O–H groups in total. The first-order chi connectivity index (χ1) is 8.48. The zero-order valence-electron chi connectivity index (χ0n) is 9.54. The van der Waals surface area contributed by atoms with E-state index < -0.39 is 9.96 Å². The first kappa shape index (κ1) is 14.4. The molecule has 18 heavy (non-hydrogen) atoms. The lowest BCUT2D eigenvalue weighted by molar-refractivity contribution is 0.0878. The van der Waals surface area contributed by atoms with E-state index in [2.05, 4.69) is 5.32 Å². The lowest BCUT2D eigenvalue weighted by Crippen LogP contribution is -2.54. The van der Waals surface area contributed by atoms with Gasteiger partial charge in [-0.2, -0.15) is 0 Å². The maximum Gasteiger partial charge on any atom is 0.262 e. The van der Waals surface area contributed by atoms with Crippen LogP contribution in [0.15, 0.2) is 17.5 Å². The molecule has 1 aromatic heterocycles. The standard InChI is InChI=1S/C11H13Cl3N2OS/c12-11(13,14)10(16-5-1-2-6-16)15-9(17)8-4-3-7-18-8/h3-4,7,10H,1-2,5-6H2,(H,15,17)/t10-/m1/s1. The lowest BCUT2D eigenvalue weighted by atomic mass is 10.4. The Balaban J connectivity index is 2.08. The van der Waals surface area contributed by atoms with Crippen LogP contribution in [0, 0.1) is 0 Å². The van der Waals surface area contributed by atoms with E-state index in [1.54, 1.807) is 6.07 Å². The molecule has 1 aromatic rings. The number of rotatable bonds is 3. The largest absolute Gasteiger partial charge is 0.332 e. The van der Waals surface area contributed by atoms with Gasteiger partial charge in [-0.15, -0.1) is 11.3 Å². The normalized spacial score (nSPS) is 18.8. The molecule has 2 heterocycles. The molecule has 1 fully saturated rings. The van der Waals surface area contributed by atoms with Crippen LogP contribution in [0.25, 0.3) is 0 Å². The fraction of sp³-hybridized carbons (Fsp3) is 0.545. The van der Waals surface area contributed by atoms with Crippen molar-refractivity contribution in [1.29, 1.82) is 0 Å². The molecule has 0 radical (unpaired) electrons. The minimum absolute atomic E-state index is 0.201. The van der Waals surface area contributed by atoms with Gasteiger partial charge >= 0.3 is 0 Å². The Labute approximate surface area is 125 Å². The summed E-state index contributed by atoms with van der Waals surface area (Å²) in [6, 6.07) is 3.57. The number of carbonyl (C=O) groups excluding carboxylic acids is 1. The highest BCUT2D eigenvalue weighted by atomic mass is 35.6. The van der Waals surface area contributed by atoms with Gasteiger partial charge in [-0.3, -0.25) is 9.69 Å². The molecule has 0 aromatic carbocycles. The van der Waals surface area contributed by atoms with E-state index in [1.165, 1.54) is 11.3 Å². The van der Waals surface area contributed by atoms with Gasteiger partial charge in [0.05, 0.1) is 4.88 Å². The summed E-state index contributed by atoms with van der Waals surface area (Å²) in [6.07, 6.45) is 1.54. The molecule has 1 amide bonds. The summed E-state index contributed by atoms with van der Waals surface area (Å²) in [4.78, 5) is 14.6. The van der Waals surface area contributed by atoms with Crippen molar-refractivity contribution in [2.75, 3.05) is 13.1 Å². The number of hydrogen-bond donors (Lipinski definition) is 1. The number of thiophene rings is 1. The summed E-state index contributed by atoms with van der Waals surface area (Å²) in [6.45, 7) is 1.67. The molecule has 0 saturated carbocycles. The van der Waals surface area contributed by atoms with Crippen LogP contribution in [0.3, 0.4) is 0 Å². The highest BCUT2D eigenvalue weighted by Crippen LogP contribution is 2.33. The zero-order valence-corrected chi connectivity index (χ0v) is 12.6. The second-order valence-corrected chi connectivity index (χ2v) is 7.45. The van der Waals surface area contributed by atoms with Gasteiger partial charge in [-0.25, -0.2) is 0 Å². The summed E-state index contributed by atoms with van der Waals surface area (Å²) in [7, 11) is 0. The maximum absolute atomic E-state index is 12.0. The summed E-state index contributed by atoms with van der Waals surface area (Å²) >= 11 is 19.3. The van der Waals surface area contributed by atoms with Crippen LogP contribution in [-0.4, -0.2) is 33.9 Å². The first-order valence-electron chi connectivity index (χ1n) is 5.63. The lowest BCUT2D eigenvalue weighted by Gasteiger charge is -2.33. The predicted molar refractivity (Wildman–Crippen MR) is 76.7 cm³/mol. The minimum atomic E-state index is -1.53. The number of amides is 1. The number of hydrogen-bond acceptors (Lipinski definition) is 3. The van der Waals surface area contributed by atoms with Crippen LogP contribution in [0.4, 0.5) is 0 Å². The van der Waals surface area contributed by atoms with E-state index in [4.69, 9.17) is 34.8 Å². The van der Waals surface area contributed by atoms with E-state index in [-0.39, 0.29) is 5.91 Å². The molecular weight excluding hydrogens is 315 g/mol. The third-order valence-electron chi connectivity index (χ3n) is 2.83. The molecule has 0 spiro atoms. The minimum Gasteiger partial charge on any atom is -0.332 e. The van der Waals surface area contributed by atoms with Crippen LogP contribution >= 0.6 is 46.1 Å². The molecule has 0 unspecified atom stereocenters. The highest BCUT2D eigenvalue weighted by molar-refractivity contribution is 7.12. The number of halogens is 3. The summed E-state index contributed by atoms with van der Waals surface area (Å²) < 4.78 is -1.53. The van der Waals surface area contributed by atoms with Crippen molar-refractivity contribution in [3.63, 3.8) is 0 Å². The van der Waals surface area contributed by atoms with E-state index in [0.29, 0.717) is 4.88 Å². The molecule has 1 aliphatic heterocycles. The predicted octanol–water partition coefficient (Wildman–Crippen LogP) is 3.27. The maximum atomic E-state index is 12.0. The van der Waals surface area contributed by atoms with E-state index in [0.717, 1.165) is 25.9 Å². The van der Waals surface area contributed by atoms with Crippen molar-refractivity contribution in [3.8, 4) is 0 Å². The highest BCUT2D eigenvalue weighted by Gasteiger charge is 2.39. The molecule has 1 aliphatic rings. The average Bonchev–Trinajstić information content (AvgIpc) is 2.96. The van der Waals surface area contributed by atoms with E-state index >= 15 is 0 Å². The van der Waals surface area contributed by atoms with Gasteiger partial charge in [0.25, 0.3) is 5.91 Å². The molecule has 3 nitrogen and oxygen atoms in total. The summed E-state index contributed by atoms with van der Waals surface area (Å²) in [5.41, 5.74) is 0. The molecular formula is C11H13Cl3N2OS. The van der Waals surface area contributed by atoms with Crippen molar-refractivity contribution in [3.05, 3.63) is 22.4 Å². The Hall–Kier alpha value is -0.000000000000000139. The third kappa shape index (κ3) is 3.52. The number of carbonyl (C=O) groups is 1. The Bertz CT molecular complexity index is 399. The topological polar surface area (TPSA) is 32.3 Å². The second kappa shape index (κ2) is 5.97. The van der Waals surface area contributed by atoms with Crippen LogP contribution in [0.5, 0.6) is 0 Å². The molecule has 1 atom stereocenters. The molecule has 7 heteroatoms. The second-order valence-electron chi connectivity index (χ2n) is 4.14. The number of nitrogens with one attached hydrogen (secondary N) is 1. The van der Waals surface area contributed by atoms with Gasteiger partial charge in [-0.05, 0) is 24.3 Å². The first-order valence-corrected chi connectivity index (χ1v) is 7.65. The van der Waals surface area contributed by atoms with Crippen LogP contribution in [0.2, 0.25) is 0 Å². The van der Waals surface area contributed by atoms with Crippen LogP contribution < -0.4 is 5.32 Å². The number of nitrogens with zero attached hydrogens (tertiary/aromatic N) is 1. The van der Waals surface area contributed by atoms with Gasteiger partial charge in [0.1, 0.15) is 6.17 Å². The molecule has 100 valence electrons. The third-order valence-corrected chi connectivity index (χ3v) is 4.32. The van der Waals surface area contributed by atoms with Gasteiger partial charge in [0.15, 0.2) is 0 Å². The summed E-state index contributed by atoms with van der Waals surface area (Å²) in [5.74, 6) is -0.201. The van der Waals surface area contributed by atoms with Crippen molar-refractivity contribution in [2.45, 2.75) is 22.8 Å². The van der Waals surface area contributed by atoms with Crippen molar-refractivity contribution in [1.82, 2.24) is 10.2 Å². The quantitative estimate of drug-likeness (QED) is 0.864. The molecule has 0 bridgehead atoms. The smallest absolute Gasteiger partial charge is 0.262 e. The SMILES string of the molecule is O=C(N[C@H](N1CCCC1)C(Cl)(Cl)Cl)c1cccs1. The van der Waals surface area contributed by atoms with Crippen molar-refractivity contribution < 1.29 is 4.79 Å². The fourth-order valence-corrected chi connectivity index (χ4v) is 3.19. The molecule has 1 saturated heterocycles. The monoisotopic (exact) mass is 326 g/mol. The van der Waals surface area contributed by atoms with E-state index in [9.17, 15) is 4.79 Å². The Kier molecular flexibility index (Phi) is 4.78. The summed E-state index contributed by atoms with van der Waals surface area (Å²) in [5, 5.41) is 4.65. The number of likely N-dealkylation sites (tertiary alicyclic amines) is 1. The van der Waals surface area contributed by atoms with Crippen molar-refractivity contribution in [2.24, 2.45) is 0 Å². The van der Waals surface area contributed by atoms with Gasteiger partial charge in [-0.1, -0.05) is 40.9 Å². The van der Waals surface area contributed by atoms with Gasteiger partial charge < -0.3 is 5.32 Å². The Morgan fingerprint density at radius 1 is 1.39 bits per heavy atom. The van der Waals surface area contributed by atoms with E-state index in [1.807, 2.05) is 16.3 Å². The van der Waals surface area contributed by atoms with Crippen LogP contribution in [0.1, 0.15) is 22.5 Å². The van der Waals surface area contributed by atoms with Crippen molar-refractivity contribution >= 4 is 52.0 Å². The molecule has 2 rings (SSSR count). The zero-order chi connectivity index (χ0) is 13.2. The van der Waals surface area contributed by atoms with Crippen LogP contribution in [-0.2, 0) is 0 Å². The Morgan fingerprint density at radius 3 is 2.56 bits per heavy atom. The Morgan fingerprint density at radius 2 is 2.06 bits per heavy atom.